The van der Waals surface area contributed by atoms with Crippen molar-refractivity contribution in [3.05, 3.63) is 69.8 Å². The first kappa shape index (κ1) is 18.4. The Morgan fingerprint density at radius 2 is 1.79 bits per heavy atom. The van der Waals surface area contributed by atoms with Gasteiger partial charge in [0.05, 0.1) is 22.6 Å². The van der Waals surface area contributed by atoms with Crippen molar-refractivity contribution in [3.63, 3.8) is 0 Å². The highest BCUT2D eigenvalue weighted by Gasteiger charge is 2.36. The average molecular weight is 451 g/mol. The van der Waals surface area contributed by atoms with Crippen LogP contribution in [0.25, 0.3) is 11.0 Å². The van der Waals surface area contributed by atoms with Gasteiger partial charge in [0.25, 0.3) is 5.91 Å². The summed E-state index contributed by atoms with van der Waals surface area (Å²) in [5.41, 5.74) is 4.73. The standard InChI is InChI=1S/C23H23BrN4O/c1-15-20(22(29)27-13-5-2-6-14-27)21(16-9-11-17(24)12-10-16)28-19-8-4-3-7-18(19)26-23(28)25-15/h3-4,7-12,21H,2,5-6,13-14H2,1H3,(H,25,26)/t21-/m0/s1. The maximum absolute atomic E-state index is 13.7. The van der Waals surface area contributed by atoms with E-state index in [9.17, 15) is 4.79 Å². The lowest BCUT2D eigenvalue weighted by atomic mass is 9.93. The molecule has 5 rings (SSSR count). The Morgan fingerprint density at radius 1 is 1.07 bits per heavy atom. The van der Waals surface area contributed by atoms with Gasteiger partial charge in [-0.15, -0.1) is 0 Å². The minimum atomic E-state index is -0.207. The van der Waals surface area contributed by atoms with Crippen LogP contribution >= 0.6 is 15.9 Å². The predicted octanol–water partition coefficient (Wildman–Crippen LogP) is 5.10. The van der Waals surface area contributed by atoms with Crippen LogP contribution in [0.1, 0.15) is 37.8 Å². The van der Waals surface area contributed by atoms with Crippen molar-refractivity contribution in [2.75, 3.05) is 18.4 Å². The third kappa shape index (κ3) is 3.15. The molecule has 1 N–H and O–H groups in total. The maximum atomic E-state index is 13.7. The molecular formula is C23H23BrN4O. The summed E-state index contributed by atoms with van der Waals surface area (Å²) in [7, 11) is 0. The first-order valence-electron chi connectivity index (χ1n) is 10.1. The Bertz CT molecular complexity index is 1110. The number of carbonyl (C=O) groups excluding carboxylic acids is 1. The SMILES string of the molecule is CC1=C(C(=O)N2CCCCC2)[C@H](c2ccc(Br)cc2)n2c(nc3ccccc32)N1. The van der Waals surface area contributed by atoms with Crippen LogP contribution < -0.4 is 5.32 Å². The summed E-state index contributed by atoms with van der Waals surface area (Å²) in [4.78, 5) is 20.5. The van der Waals surface area contributed by atoms with Gasteiger partial charge in [0.15, 0.2) is 0 Å². The molecule has 1 saturated heterocycles. The largest absolute Gasteiger partial charge is 0.339 e. The zero-order chi connectivity index (χ0) is 20.0. The van der Waals surface area contributed by atoms with E-state index in [0.717, 1.165) is 64.2 Å². The maximum Gasteiger partial charge on any atom is 0.254 e. The number of fused-ring (bicyclic) bond motifs is 3. The lowest BCUT2D eigenvalue weighted by Gasteiger charge is -2.35. The number of amides is 1. The van der Waals surface area contributed by atoms with Gasteiger partial charge in [0.1, 0.15) is 0 Å². The molecule has 3 heterocycles. The molecule has 3 aromatic rings. The van der Waals surface area contributed by atoms with E-state index in [-0.39, 0.29) is 11.9 Å². The summed E-state index contributed by atoms with van der Waals surface area (Å²) in [6, 6.07) is 16.2. The molecule has 148 valence electrons. The van der Waals surface area contributed by atoms with Crippen LogP contribution in [0.5, 0.6) is 0 Å². The number of carbonyl (C=O) groups is 1. The first-order chi connectivity index (χ1) is 14.1. The van der Waals surface area contributed by atoms with Crippen molar-refractivity contribution < 1.29 is 4.79 Å². The normalized spacial score (nSPS) is 19.2. The molecule has 1 fully saturated rings. The van der Waals surface area contributed by atoms with E-state index < -0.39 is 0 Å². The van der Waals surface area contributed by atoms with Crippen molar-refractivity contribution in [3.8, 4) is 0 Å². The van der Waals surface area contributed by atoms with Crippen molar-refractivity contribution >= 4 is 38.8 Å². The molecule has 6 heteroatoms. The number of halogens is 1. The molecule has 2 aliphatic heterocycles. The van der Waals surface area contributed by atoms with E-state index in [4.69, 9.17) is 4.98 Å². The van der Waals surface area contributed by atoms with Crippen LogP contribution in [0.4, 0.5) is 5.95 Å². The molecular weight excluding hydrogens is 428 g/mol. The van der Waals surface area contributed by atoms with Crippen molar-refractivity contribution in [2.45, 2.75) is 32.2 Å². The molecule has 0 saturated carbocycles. The number of benzene rings is 2. The molecule has 29 heavy (non-hydrogen) atoms. The molecule has 0 bridgehead atoms. The van der Waals surface area contributed by atoms with Crippen LogP contribution in [-0.4, -0.2) is 33.4 Å². The number of aromatic nitrogens is 2. The van der Waals surface area contributed by atoms with Gasteiger partial charge >= 0.3 is 0 Å². The Hall–Kier alpha value is -2.60. The first-order valence-corrected chi connectivity index (χ1v) is 10.9. The number of hydrogen-bond acceptors (Lipinski definition) is 3. The number of imidazole rings is 1. The number of para-hydroxylation sites is 2. The topological polar surface area (TPSA) is 50.2 Å². The van der Waals surface area contributed by atoms with E-state index >= 15 is 0 Å². The fraction of sp³-hybridized carbons (Fsp3) is 0.304. The lowest BCUT2D eigenvalue weighted by molar-refractivity contribution is -0.128. The van der Waals surface area contributed by atoms with Gasteiger partial charge in [0, 0.05) is 23.3 Å². The van der Waals surface area contributed by atoms with E-state index in [1.165, 1.54) is 6.42 Å². The smallest absolute Gasteiger partial charge is 0.254 e. The molecule has 0 aliphatic carbocycles. The quantitative estimate of drug-likeness (QED) is 0.590. The van der Waals surface area contributed by atoms with Gasteiger partial charge in [-0.05, 0) is 56.0 Å². The highest BCUT2D eigenvalue weighted by Crippen LogP contribution is 2.40. The molecule has 0 unspecified atom stereocenters. The van der Waals surface area contributed by atoms with E-state index in [0.29, 0.717) is 0 Å². The zero-order valence-electron chi connectivity index (χ0n) is 16.4. The van der Waals surface area contributed by atoms with Crippen molar-refractivity contribution in [2.24, 2.45) is 0 Å². The van der Waals surface area contributed by atoms with Crippen molar-refractivity contribution in [1.82, 2.24) is 14.5 Å². The number of hydrogen-bond donors (Lipinski definition) is 1. The van der Waals surface area contributed by atoms with Gasteiger partial charge < -0.3 is 10.2 Å². The van der Waals surface area contributed by atoms with Gasteiger partial charge in [-0.2, -0.15) is 0 Å². The number of rotatable bonds is 2. The zero-order valence-corrected chi connectivity index (χ0v) is 17.9. The third-order valence-electron chi connectivity index (χ3n) is 5.89. The fourth-order valence-electron chi connectivity index (χ4n) is 4.47. The Kier molecular flexibility index (Phi) is 4.66. The number of nitrogens with one attached hydrogen (secondary N) is 1. The molecule has 1 atom stereocenters. The number of likely N-dealkylation sites (tertiary alicyclic amines) is 1. The summed E-state index contributed by atoms with van der Waals surface area (Å²) in [6.45, 7) is 3.66. The van der Waals surface area contributed by atoms with Crippen LogP contribution in [0.2, 0.25) is 0 Å². The molecule has 2 aliphatic rings. The summed E-state index contributed by atoms with van der Waals surface area (Å²) in [5, 5.41) is 3.41. The summed E-state index contributed by atoms with van der Waals surface area (Å²) < 4.78 is 3.19. The second-order valence-electron chi connectivity index (χ2n) is 7.76. The molecule has 2 aromatic carbocycles. The van der Waals surface area contributed by atoms with Gasteiger partial charge in [-0.3, -0.25) is 9.36 Å². The summed E-state index contributed by atoms with van der Waals surface area (Å²) >= 11 is 3.53. The molecule has 0 spiro atoms. The Labute approximate surface area is 178 Å². The Morgan fingerprint density at radius 3 is 2.55 bits per heavy atom. The van der Waals surface area contributed by atoms with Crippen LogP contribution in [0.3, 0.4) is 0 Å². The molecule has 0 radical (unpaired) electrons. The molecule has 1 aromatic heterocycles. The number of anilines is 1. The van der Waals surface area contributed by atoms with Gasteiger partial charge in [-0.1, -0.05) is 40.2 Å². The summed E-state index contributed by atoms with van der Waals surface area (Å²) in [5.74, 6) is 0.915. The minimum absolute atomic E-state index is 0.131. The number of piperidine rings is 1. The number of nitrogens with zero attached hydrogens (tertiary/aromatic N) is 3. The Balaban J connectivity index is 1.69. The lowest BCUT2D eigenvalue weighted by Crippen LogP contribution is -2.40. The molecule has 5 nitrogen and oxygen atoms in total. The van der Waals surface area contributed by atoms with Crippen LogP contribution in [-0.2, 0) is 4.79 Å². The fourth-order valence-corrected chi connectivity index (χ4v) is 4.73. The molecule has 1 amide bonds. The van der Waals surface area contributed by atoms with Gasteiger partial charge in [-0.25, -0.2) is 4.98 Å². The highest BCUT2D eigenvalue weighted by atomic mass is 79.9. The average Bonchev–Trinajstić information content (AvgIpc) is 3.11. The van der Waals surface area contributed by atoms with Crippen molar-refractivity contribution in [1.29, 1.82) is 0 Å². The van der Waals surface area contributed by atoms with Crippen LogP contribution in [0, 0.1) is 0 Å². The monoisotopic (exact) mass is 450 g/mol. The minimum Gasteiger partial charge on any atom is -0.339 e. The number of allylic oxidation sites excluding steroid dienone is 1. The van der Waals surface area contributed by atoms with E-state index in [1.54, 1.807) is 0 Å². The van der Waals surface area contributed by atoms with Crippen LogP contribution in [0.15, 0.2) is 64.3 Å². The van der Waals surface area contributed by atoms with Gasteiger partial charge in [0.2, 0.25) is 5.95 Å². The predicted molar refractivity (Wildman–Crippen MR) is 119 cm³/mol. The summed E-state index contributed by atoms with van der Waals surface area (Å²) in [6.07, 6.45) is 3.36. The van der Waals surface area contributed by atoms with E-state index in [1.807, 2.05) is 42.2 Å². The third-order valence-corrected chi connectivity index (χ3v) is 6.42. The second-order valence-corrected chi connectivity index (χ2v) is 8.68. The van der Waals surface area contributed by atoms with E-state index in [2.05, 4.69) is 44.0 Å². The second kappa shape index (κ2) is 7.34. The highest BCUT2D eigenvalue weighted by molar-refractivity contribution is 9.10.